The van der Waals surface area contributed by atoms with Crippen LogP contribution in [0, 0.1) is 0 Å². The molecule has 0 radical (unpaired) electrons. The molecule has 0 unspecified atom stereocenters. The molecule has 5 nitrogen and oxygen atoms in total. The van der Waals surface area contributed by atoms with Crippen LogP contribution in [0.4, 0.5) is 10.7 Å². The summed E-state index contributed by atoms with van der Waals surface area (Å²) in [5, 5.41) is 1.06. The van der Waals surface area contributed by atoms with Crippen molar-refractivity contribution in [3.8, 4) is 0 Å². The Balaban J connectivity index is 2.32. The molecule has 0 spiro atoms. The Kier molecular flexibility index (Phi) is 3.77. The molecule has 1 aromatic heterocycles. The van der Waals surface area contributed by atoms with Crippen molar-refractivity contribution in [2.24, 2.45) is 5.73 Å². The minimum Gasteiger partial charge on any atom is -0.397 e. The highest BCUT2D eigenvalue weighted by Crippen LogP contribution is 2.51. The van der Waals surface area contributed by atoms with Crippen molar-refractivity contribution in [1.82, 2.24) is 0 Å². The van der Waals surface area contributed by atoms with Crippen molar-refractivity contribution >= 4 is 27.9 Å². The highest BCUT2D eigenvalue weighted by molar-refractivity contribution is 7.18. The maximum Gasteiger partial charge on any atom is 0.260 e. The lowest BCUT2D eigenvalue weighted by atomic mass is 10.1. The molecule has 0 atom stereocenters. The van der Waals surface area contributed by atoms with Gasteiger partial charge in [0.05, 0.1) is 17.3 Å². The number of rotatable bonds is 6. The summed E-state index contributed by atoms with van der Waals surface area (Å²) in [4.78, 5) is 13.9. The maximum atomic E-state index is 11.4. The van der Waals surface area contributed by atoms with Gasteiger partial charge in [-0.2, -0.15) is 0 Å². The van der Waals surface area contributed by atoms with Gasteiger partial charge in [0.15, 0.2) is 0 Å². The van der Waals surface area contributed by atoms with E-state index in [0.29, 0.717) is 23.1 Å². The van der Waals surface area contributed by atoms with E-state index in [4.69, 9.17) is 16.2 Å². The van der Waals surface area contributed by atoms with Crippen molar-refractivity contribution in [1.29, 1.82) is 0 Å². The largest absolute Gasteiger partial charge is 0.397 e. The number of amides is 1. The lowest BCUT2D eigenvalue weighted by molar-refractivity contribution is 0.100. The van der Waals surface area contributed by atoms with E-state index in [1.54, 1.807) is 7.11 Å². The molecule has 100 valence electrons. The van der Waals surface area contributed by atoms with Crippen LogP contribution in [0.2, 0.25) is 0 Å². The van der Waals surface area contributed by atoms with E-state index in [1.807, 2.05) is 7.05 Å². The van der Waals surface area contributed by atoms with Crippen molar-refractivity contribution in [3.05, 3.63) is 10.4 Å². The normalized spacial score (nSPS) is 14.8. The molecule has 2 rings (SSSR count). The Bertz CT molecular complexity index is 454. The molecular weight excluding hydrogens is 250 g/mol. The molecule has 1 aliphatic carbocycles. The number of methoxy groups -OCH3 is 1. The zero-order chi connectivity index (χ0) is 13.3. The quantitative estimate of drug-likeness (QED) is 0.817. The first-order chi connectivity index (χ1) is 8.56. The molecule has 1 fully saturated rings. The average Bonchev–Trinajstić information content (AvgIpc) is 3.09. The number of carbonyl (C=O) groups is 1. The van der Waals surface area contributed by atoms with Crippen LogP contribution in [0.3, 0.4) is 0 Å². The third kappa shape index (κ3) is 2.44. The zero-order valence-corrected chi connectivity index (χ0v) is 11.5. The standard InChI is InChI=1S/C12H19N3O2S/c1-15(5-6-17-2)12-8(7-3-4-7)9(13)10(18-12)11(14)16/h7H,3-6,13H2,1-2H3,(H2,14,16). The van der Waals surface area contributed by atoms with Crippen molar-refractivity contribution in [2.75, 3.05) is 37.9 Å². The van der Waals surface area contributed by atoms with Gasteiger partial charge in [-0.3, -0.25) is 4.79 Å². The van der Waals surface area contributed by atoms with Gasteiger partial charge in [0.1, 0.15) is 4.88 Å². The minimum atomic E-state index is -0.439. The van der Waals surface area contributed by atoms with E-state index in [9.17, 15) is 4.79 Å². The lowest BCUT2D eigenvalue weighted by Gasteiger charge is -2.18. The number of nitrogens with two attached hydrogens (primary N) is 2. The van der Waals surface area contributed by atoms with E-state index in [-0.39, 0.29) is 0 Å². The summed E-state index contributed by atoms with van der Waals surface area (Å²) >= 11 is 1.39. The monoisotopic (exact) mass is 269 g/mol. The second-order valence-electron chi connectivity index (χ2n) is 4.62. The fourth-order valence-corrected chi connectivity index (χ4v) is 3.15. The second kappa shape index (κ2) is 5.16. The van der Waals surface area contributed by atoms with Gasteiger partial charge in [-0.05, 0) is 18.8 Å². The topological polar surface area (TPSA) is 81.6 Å². The van der Waals surface area contributed by atoms with E-state index in [1.165, 1.54) is 11.3 Å². The van der Waals surface area contributed by atoms with E-state index in [0.717, 1.165) is 30.0 Å². The first-order valence-corrected chi connectivity index (χ1v) is 6.80. The maximum absolute atomic E-state index is 11.4. The molecule has 1 aromatic rings. The molecule has 1 heterocycles. The third-order valence-corrected chi connectivity index (χ3v) is 4.50. The van der Waals surface area contributed by atoms with Crippen molar-refractivity contribution < 1.29 is 9.53 Å². The number of hydrogen-bond donors (Lipinski definition) is 2. The Morgan fingerprint density at radius 3 is 2.72 bits per heavy atom. The lowest BCUT2D eigenvalue weighted by Crippen LogP contribution is -2.22. The summed E-state index contributed by atoms with van der Waals surface area (Å²) in [6.45, 7) is 1.42. The van der Waals surface area contributed by atoms with Crippen LogP contribution >= 0.6 is 11.3 Å². The SMILES string of the molecule is COCCN(C)c1sc(C(N)=O)c(N)c1C1CC1. The number of primary amides is 1. The Morgan fingerprint density at radius 2 is 2.22 bits per heavy atom. The molecule has 0 aliphatic heterocycles. The van der Waals surface area contributed by atoms with Crippen molar-refractivity contribution in [2.45, 2.75) is 18.8 Å². The molecule has 4 N–H and O–H groups in total. The van der Waals surface area contributed by atoms with Crippen LogP contribution in [0.1, 0.15) is 34.0 Å². The van der Waals surface area contributed by atoms with Gasteiger partial charge < -0.3 is 21.1 Å². The van der Waals surface area contributed by atoms with Crippen LogP contribution in [0.15, 0.2) is 0 Å². The highest BCUT2D eigenvalue weighted by atomic mass is 32.1. The molecule has 0 aromatic carbocycles. The third-order valence-electron chi connectivity index (χ3n) is 3.15. The first-order valence-electron chi connectivity index (χ1n) is 5.98. The number of likely N-dealkylation sites (N-methyl/N-ethyl adjacent to an activating group) is 1. The molecular formula is C12H19N3O2S. The van der Waals surface area contributed by atoms with E-state index < -0.39 is 5.91 Å². The summed E-state index contributed by atoms with van der Waals surface area (Å²) in [5.74, 6) is 0.0557. The molecule has 1 aliphatic rings. The number of ether oxygens (including phenoxy) is 1. The highest BCUT2D eigenvalue weighted by Gasteiger charge is 2.33. The number of hydrogen-bond acceptors (Lipinski definition) is 5. The van der Waals surface area contributed by atoms with Crippen molar-refractivity contribution in [3.63, 3.8) is 0 Å². The van der Waals surface area contributed by atoms with E-state index >= 15 is 0 Å². The van der Waals surface area contributed by atoms with Gasteiger partial charge in [-0.1, -0.05) is 0 Å². The van der Waals surface area contributed by atoms with Crippen LogP contribution in [-0.4, -0.2) is 33.2 Å². The van der Waals surface area contributed by atoms with E-state index in [2.05, 4.69) is 4.90 Å². The number of anilines is 2. The summed E-state index contributed by atoms with van der Waals surface area (Å²) in [6.07, 6.45) is 2.29. The fraction of sp³-hybridized carbons (Fsp3) is 0.583. The predicted octanol–water partition coefficient (Wildman–Crippen LogP) is 1.39. The van der Waals surface area contributed by atoms with Gasteiger partial charge in [0.25, 0.3) is 5.91 Å². The fourth-order valence-electron chi connectivity index (χ4n) is 2.01. The number of nitrogen functional groups attached to an aromatic ring is 1. The van der Waals surface area contributed by atoms with Gasteiger partial charge in [0, 0.05) is 26.3 Å². The average molecular weight is 269 g/mol. The van der Waals surface area contributed by atoms with Crippen LogP contribution in [0.25, 0.3) is 0 Å². The molecule has 0 bridgehead atoms. The van der Waals surface area contributed by atoms with Crippen LogP contribution in [-0.2, 0) is 4.74 Å². The zero-order valence-electron chi connectivity index (χ0n) is 10.7. The van der Waals surface area contributed by atoms with Gasteiger partial charge >= 0.3 is 0 Å². The van der Waals surface area contributed by atoms with Crippen LogP contribution < -0.4 is 16.4 Å². The summed E-state index contributed by atoms with van der Waals surface area (Å²) < 4.78 is 5.07. The summed E-state index contributed by atoms with van der Waals surface area (Å²) in [6, 6.07) is 0. The molecule has 6 heteroatoms. The molecule has 0 saturated heterocycles. The Morgan fingerprint density at radius 1 is 1.56 bits per heavy atom. The first kappa shape index (κ1) is 13.2. The summed E-state index contributed by atoms with van der Waals surface area (Å²) in [5.41, 5.74) is 13.1. The van der Waals surface area contributed by atoms with Gasteiger partial charge in [-0.25, -0.2) is 0 Å². The Hall–Kier alpha value is -1.27. The number of carbonyl (C=O) groups excluding carboxylic acids is 1. The molecule has 1 amide bonds. The Labute approximate surface area is 111 Å². The predicted molar refractivity (Wildman–Crippen MR) is 74.4 cm³/mol. The number of nitrogens with zero attached hydrogens (tertiary/aromatic N) is 1. The minimum absolute atomic E-state index is 0.439. The van der Waals surface area contributed by atoms with Crippen LogP contribution in [0.5, 0.6) is 0 Å². The van der Waals surface area contributed by atoms with Gasteiger partial charge in [-0.15, -0.1) is 11.3 Å². The smallest absolute Gasteiger partial charge is 0.260 e. The second-order valence-corrected chi connectivity index (χ2v) is 5.62. The molecule has 1 saturated carbocycles. The summed E-state index contributed by atoms with van der Waals surface area (Å²) in [7, 11) is 3.66. The molecule has 18 heavy (non-hydrogen) atoms. The number of thiophene rings is 1. The van der Waals surface area contributed by atoms with Gasteiger partial charge in [0.2, 0.25) is 0 Å².